The van der Waals surface area contributed by atoms with Crippen LogP contribution < -0.4 is 11.3 Å². The molecule has 0 bridgehead atoms. The third-order valence-corrected chi connectivity index (χ3v) is 4.84. The fourth-order valence-corrected chi connectivity index (χ4v) is 3.52. The van der Waals surface area contributed by atoms with Crippen LogP contribution in [0.5, 0.6) is 0 Å². The molecule has 1 unspecified atom stereocenters. The predicted octanol–water partition coefficient (Wildman–Crippen LogP) is 3.40. The van der Waals surface area contributed by atoms with Crippen LogP contribution in [0, 0.1) is 11.8 Å². The first kappa shape index (κ1) is 15.5. The molecule has 4 nitrogen and oxygen atoms in total. The van der Waals surface area contributed by atoms with Gasteiger partial charge in [-0.3, -0.25) is 16.0 Å². The van der Waals surface area contributed by atoms with E-state index in [-0.39, 0.29) is 6.04 Å². The normalized spacial score (nSPS) is 24.8. The number of unbranched alkanes of at least 4 members (excludes halogenated alkanes) is 1. The second-order valence-electron chi connectivity index (χ2n) is 6.20. The highest BCUT2D eigenvalue weighted by Gasteiger charge is 2.28. The molecule has 114 valence electrons. The number of nitrogens with one attached hydrogen (secondary N) is 1. The van der Waals surface area contributed by atoms with Crippen LogP contribution in [-0.4, -0.2) is 9.78 Å². The fraction of sp³-hybridized carbons (Fsp3) is 0.812. The summed E-state index contributed by atoms with van der Waals surface area (Å²) in [6, 6.07) is 0.266. The molecule has 1 saturated carbocycles. The summed E-state index contributed by atoms with van der Waals surface area (Å²) in [7, 11) is 0. The molecule has 0 amide bonds. The Kier molecular flexibility index (Phi) is 6.05. The average molecular weight is 278 g/mol. The van der Waals surface area contributed by atoms with E-state index in [0.29, 0.717) is 5.92 Å². The zero-order chi connectivity index (χ0) is 14.4. The molecule has 2 rings (SSSR count). The Labute approximate surface area is 123 Å². The molecule has 20 heavy (non-hydrogen) atoms. The Morgan fingerprint density at radius 2 is 2.10 bits per heavy atom. The van der Waals surface area contributed by atoms with Crippen molar-refractivity contribution >= 4 is 0 Å². The van der Waals surface area contributed by atoms with E-state index < -0.39 is 0 Å². The lowest BCUT2D eigenvalue weighted by molar-refractivity contribution is 0.213. The van der Waals surface area contributed by atoms with Gasteiger partial charge in [0, 0.05) is 18.3 Å². The van der Waals surface area contributed by atoms with Crippen LogP contribution in [0.1, 0.15) is 70.4 Å². The van der Waals surface area contributed by atoms with Crippen molar-refractivity contribution in [1.29, 1.82) is 0 Å². The van der Waals surface area contributed by atoms with Crippen LogP contribution in [0.15, 0.2) is 12.4 Å². The quantitative estimate of drug-likeness (QED) is 0.593. The third kappa shape index (κ3) is 3.83. The van der Waals surface area contributed by atoms with Crippen molar-refractivity contribution in [3.63, 3.8) is 0 Å². The van der Waals surface area contributed by atoms with Crippen LogP contribution >= 0.6 is 0 Å². The lowest BCUT2D eigenvalue weighted by Gasteiger charge is -2.33. The molecule has 4 heteroatoms. The second kappa shape index (κ2) is 7.79. The fourth-order valence-electron chi connectivity index (χ4n) is 3.52. The Bertz CT molecular complexity index is 380. The summed E-state index contributed by atoms with van der Waals surface area (Å²) in [5, 5.41) is 4.37. The van der Waals surface area contributed by atoms with Gasteiger partial charge >= 0.3 is 0 Å². The number of nitrogens with two attached hydrogens (primary N) is 1. The molecule has 3 N–H and O–H groups in total. The summed E-state index contributed by atoms with van der Waals surface area (Å²) >= 11 is 0. The van der Waals surface area contributed by atoms with E-state index in [0.717, 1.165) is 12.5 Å². The van der Waals surface area contributed by atoms with Crippen LogP contribution in [0.3, 0.4) is 0 Å². The second-order valence-corrected chi connectivity index (χ2v) is 6.20. The van der Waals surface area contributed by atoms with E-state index in [4.69, 9.17) is 5.84 Å². The van der Waals surface area contributed by atoms with Crippen molar-refractivity contribution in [2.24, 2.45) is 17.7 Å². The molecule has 1 atom stereocenters. The van der Waals surface area contributed by atoms with E-state index in [9.17, 15) is 0 Å². The molecule has 1 heterocycles. The number of hydrogen-bond acceptors (Lipinski definition) is 3. The number of hydrogen-bond donors (Lipinski definition) is 2. The van der Waals surface area contributed by atoms with Gasteiger partial charge in [0.25, 0.3) is 0 Å². The summed E-state index contributed by atoms with van der Waals surface area (Å²) in [5.74, 6) is 7.42. The molecule has 0 spiro atoms. The summed E-state index contributed by atoms with van der Waals surface area (Å²) < 4.78 is 1.98. The SMILES string of the molecule is CCCCC1CCC(C(NN)c2cnn(CC)c2)CC1. The van der Waals surface area contributed by atoms with E-state index in [2.05, 4.69) is 30.6 Å². The number of aromatic nitrogens is 2. The van der Waals surface area contributed by atoms with E-state index in [1.807, 2.05) is 10.9 Å². The van der Waals surface area contributed by atoms with Gasteiger partial charge in [-0.1, -0.05) is 39.0 Å². The highest BCUT2D eigenvalue weighted by Crippen LogP contribution is 2.38. The first-order valence-electron chi connectivity index (χ1n) is 8.26. The van der Waals surface area contributed by atoms with Crippen molar-refractivity contribution in [3.05, 3.63) is 18.0 Å². The molecule has 1 fully saturated rings. The van der Waals surface area contributed by atoms with Crippen molar-refractivity contribution in [2.45, 2.75) is 71.4 Å². The third-order valence-electron chi connectivity index (χ3n) is 4.84. The molecule has 1 aliphatic carbocycles. The molecule has 0 aromatic carbocycles. The van der Waals surface area contributed by atoms with Gasteiger partial charge in [-0.25, -0.2) is 0 Å². The van der Waals surface area contributed by atoms with Crippen molar-refractivity contribution in [1.82, 2.24) is 15.2 Å². The van der Waals surface area contributed by atoms with Gasteiger partial charge in [0.05, 0.1) is 12.2 Å². The molecule has 1 aromatic heterocycles. The first-order valence-corrected chi connectivity index (χ1v) is 8.26. The van der Waals surface area contributed by atoms with Crippen LogP contribution in [0.4, 0.5) is 0 Å². The molecular formula is C16H30N4. The number of rotatable bonds is 7. The summed E-state index contributed by atoms with van der Waals surface area (Å²) in [6.45, 7) is 5.31. The van der Waals surface area contributed by atoms with Gasteiger partial charge in [-0.05, 0) is 31.6 Å². The smallest absolute Gasteiger partial charge is 0.0538 e. The minimum atomic E-state index is 0.266. The lowest BCUT2D eigenvalue weighted by atomic mass is 9.76. The molecule has 0 saturated heterocycles. The largest absolute Gasteiger partial charge is 0.273 e. The minimum Gasteiger partial charge on any atom is -0.273 e. The van der Waals surface area contributed by atoms with Gasteiger partial charge in [-0.2, -0.15) is 5.10 Å². The van der Waals surface area contributed by atoms with Crippen LogP contribution in [0.2, 0.25) is 0 Å². The Balaban J connectivity index is 1.90. The van der Waals surface area contributed by atoms with Crippen molar-refractivity contribution in [3.8, 4) is 0 Å². The summed E-state index contributed by atoms with van der Waals surface area (Å²) in [4.78, 5) is 0. The van der Waals surface area contributed by atoms with Gasteiger partial charge < -0.3 is 0 Å². The molecule has 1 aromatic rings. The summed E-state index contributed by atoms with van der Waals surface area (Å²) in [5.41, 5.74) is 4.27. The maximum Gasteiger partial charge on any atom is 0.0538 e. The minimum absolute atomic E-state index is 0.266. The number of hydrazine groups is 1. The first-order chi connectivity index (χ1) is 9.78. The number of nitrogens with zero attached hydrogens (tertiary/aromatic N) is 2. The van der Waals surface area contributed by atoms with Crippen molar-refractivity contribution < 1.29 is 0 Å². The van der Waals surface area contributed by atoms with Crippen LogP contribution in [-0.2, 0) is 6.54 Å². The maximum atomic E-state index is 5.81. The van der Waals surface area contributed by atoms with Gasteiger partial charge in [0.1, 0.15) is 0 Å². The topological polar surface area (TPSA) is 55.9 Å². The standard InChI is InChI=1S/C16H30N4/c1-3-5-6-13-7-9-14(10-8-13)16(19-17)15-11-18-20(4-2)12-15/h11-14,16,19H,3-10,17H2,1-2H3. The maximum absolute atomic E-state index is 5.81. The predicted molar refractivity (Wildman–Crippen MR) is 82.9 cm³/mol. The Morgan fingerprint density at radius 3 is 2.65 bits per heavy atom. The Hall–Kier alpha value is -0.870. The molecule has 0 aliphatic heterocycles. The monoisotopic (exact) mass is 278 g/mol. The number of aryl methyl sites for hydroxylation is 1. The zero-order valence-electron chi connectivity index (χ0n) is 13.0. The van der Waals surface area contributed by atoms with Crippen LogP contribution in [0.25, 0.3) is 0 Å². The average Bonchev–Trinajstić information content (AvgIpc) is 2.96. The highest BCUT2D eigenvalue weighted by atomic mass is 15.3. The van der Waals surface area contributed by atoms with Crippen molar-refractivity contribution in [2.75, 3.05) is 0 Å². The van der Waals surface area contributed by atoms with E-state index >= 15 is 0 Å². The molecule has 1 aliphatic rings. The van der Waals surface area contributed by atoms with E-state index in [1.165, 1.54) is 50.5 Å². The zero-order valence-corrected chi connectivity index (χ0v) is 13.0. The van der Waals surface area contributed by atoms with Gasteiger partial charge in [0.2, 0.25) is 0 Å². The Morgan fingerprint density at radius 1 is 1.35 bits per heavy atom. The summed E-state index contributed by atoms with van der Waals surface area (Å²) in [6.07, 6.45) is 13.5. The van der Waals surface area contributed by atoms with Gasteiger partial charge in [-0.15, -0.1) is 0 Å². The van der Waals surface area contributed by atoms with E-state index in [1.54, 1.807) is 0 Å². The van der Waals surface area contributed by atoms with Gasteiger partial charge in [0.15, 0.2) is 0 Å². The lowest BCUT2D eigenvalue weighted by Crippen LogP contribution is -2.35. The molecular weight excluding hydrogens is 248 g/mol. The molecule has 0 radical (unpaired) electrons. The highest BCUT2D eigenvalue weighted by molar-refractivity contribution is 5.12.